The Morgan fingerprint density at radius 2 is 2.00 bits per heavy atom. The van der Waals surface area contributed by atoms with Crippen LogP contribution in [-0.4, -0.2) is 47.1 Å². The van der Waals surface area contributed by atoms with Gasteiger partial charge in [-0.1, -0.05) is 36.8 Å². The molecule has 0 bridgehead atoms. The number of ketones is 1. The highest BCUT2D eigenvalue weighted by molar-refractivity contribution is 7.17. The summed E-state index contributed by atoms with van der Waals surface area (Å²) in [6, 6.07) is 11.3. The van der Waals surface area contributed by atoms with E-state index in [1.54, 1.807) is 56.3 Å². The van der Waals surface area contributed by atoms with Crippen molar-refractivity contribution in [3.05, 3.63) is 75.3 Å². The highest BCUT2D eigenvalue weighted by Crippen LogP contribution is 2.45. The number of carbonyl (C=O) groups excluding carboxylic acids is 3. The quantitative estimate of drug-likeness (QED) is 0.112. The number of fused-ring (bicyclic) bond motifs is 1. The third-order valence-corrected chi connectivity index (χ3v) is 8.14. The van der Waals surface area contributed by atoms with Gasteiger partial charge in [-0.25, -0.2) is 9.78 Å². The molecule has 2 atom stereocenters. The standard InChI is InChI=1S/C31H32N2O7S/c1-5-7-13-39-22-10-8-9-19(16-22)25-24(26(34)20-11-12-23-21(15-20)14-17(3)40-23)27(35)29(36)33(25)31-32-18(4)28(41-31)30(37)38-6-2/h8-12,15-17,25,34H,5-7,13-14H2,1-4H3. The van der Waals surface area contributed by atoms with Crippen LogP contribution in [0.2, 0.25) is 0 Å². The molecule has 0 saturated carbocycles. The zero-order valence-corrected chi connectivity index (χ0v) is 24.2. The maximum atomic E-state index is 13.6. The van der Waals surface area contributed by atoms with Gasteiger partial charge in [0, 0.05) is 12.0 Å². The molecule has 1 aromatic heterocycles. The molecule has 214 valence electrons. The molecule has 10 heteroatoms. The van der Waals surface area contributed by atoms with Crippen molar-refractivity contribution in [2.45, 2.75) is 59.1 Å². The third-order valence-electron chi connectivity index (χ3n) is 7.01. The largest absolute Gasteiger partial charge is 0.507 e. The molecule has 1 saturated heterocycles. The summed E-state index contributed by atoms with van der Waals surface area (Å²) in [7, 11) is 0. The number of aliphatic hydroxyl groups is 1. The van der Waals surface area contributed by atoms with Crippen LogP contribution < -0.4 is 14.4 Å². The molecule has 2 aliphatic rings. The van der Waals surface area contributed by atoms with Crippen molar-refractivity contribution in [1.82, 2.24) is 4.98 Å². The van der Waals surface area contributed by atoms with E-state index in [1.807, 2.05) is 6.92 Å². The molecule has 0 radical (unpaired) electrons. The Hall–Kier alpha value is -4.18. The third kappa shape index (κ3) is 5.44. The molecule has 41 heavy (non-hydrogen) atoms. The molecule has 2 aromatic carbocycles. The second kappa shape index (κ2) is 11.7. The minimum absolute atomic E-state index is 0.00478. The number of aryl methyl sites for hydroxylation is 1. The fraction of sp³-hybridized carbons (Fsp3) is 0.355. The van der Waals surface area contributed by atoms with Crippen LogP contribution in [0, 0.1) is 6.92 Å². The second-order valence-electron chi connectivity index (χ2n) is 10.0. The lowest BCUT2D eigenvalue weighted by Gasteiger charge is -2.23. The first-order valence-corrected chi connectivity index (χ1v) is 14.5. The van der Waals surface area contributed by atoms with E-state index in [4.69, 9.17) is 14.2 Å². The number of hydrogen-bond acceptors (Lipinski definition) is 9. The van der Waals surface area contributed by atoms with Crippen molar-refractivity contribution in [3.8, 4) is 11.5 Å². The van der Waals surface area contributed by atoms with Gasteiger partial charge in [0.05, 0.1) is 30.5 Å². The van der Waals surface area contributed by atoms with E-state index in [2.05, 4.69) is 11.9 Å². The van der Waals surface area contributed by atoms with Crippen molar-refractivity contribution in [1.29, 1.82) is 0 Å². The predicted octanol–water partition coefficient (Wildman–Crippen LogP) is 5.76. The van der Waals surface area contributed by atoms with Crippen LogP contribution in [0.25, 0.3) is 5.76 Å². The summed E-state index contributed by atoms with van der Waals surface area (Å²) in [5, 5.41) is 11.7. The maximum absolute atomic E-state index is 13.6. The van der Waals surface area contributed by atoms with Gasteiger partial charge in [-0.15, -0.1) is 0 Å². The Morgan fingerprint density at radius 3 is 2.76 bits per heavy atom. The van der Waals surface area contributed by atoms with Gasteiger partial charge in [0.25, 0.3) is 5.78 Å². The van der Waals surface area contributed by atoms with E-state index in [0.29, 0.717) is 35.6 Å². The lowest BCUT2D eigenvalue weighted by atomic mass is 9.94. The second-order valence-corrected chi connectivity index (χ2v) is 11.0. The molecule has 3 heterocycles. The van der Waals surface area contributed by atoms with Gasteiger partial charge < -0.3 is 19.3 Å². The zero-order valence-electron chi connectivity index (χ0n) is 23.4. The van der Waals surface area contributed by atoms with Crippen molar-refractivity contribution in [3.63, 3.8) is 0 Å². The van der Waals surface area contributed by atoms with Crippen molar-refractivity contribution in [2.75, 3.05) is 18.1 Å². The van der Waals surface area contributed by atoms with Crippen LogP contribution >= 0.6 is 11.3 Å². The maximum Gasteiger partial charge on any atom is 0.350 e. The van der Waals surface area contributed by atoms with Crippen molar-refractivity contribution < 1.29 is 33.7 Å². The van der Waals surface area contributed by atoms with E-state index in [9.17, 15) is 19.5 Å². The van der Waals surface area contributed by atoms with Crippen LogP contribution in [0.5, 0.6) is 11.5 Å². The summed E-state index contributed by atoms with van der Waals surface area (Å²) in [5.41, 5.74) is 2.19. The fourth-order valence-corrected chi connectivity index (χ4v) is 6.04. The van der Waals surface area contributed by atoms with Crippen LogP contribution in [0.1, 0.15) is 71.7 Å². The van der Waals surface area contributed by atoms with Gasteiger partial charge >= 0.3 is 11.9 Å². The Balaban J connectivity index is 1.64. The summed E-state index contributed by atoms with van der Waals surface area (Å²) < 4.78 is 16.9. The molecule has 1 amide bonds. The summed E-state index contributed by atoms with van der Waals surface area (Å²) >= 11 is 0.971. The van der Waals surface area contributed by atoms with E-state index in [-0.39, 0.29) is 34.1 Å². The fourth-order valence-electron chi connectivity index (χ4n) is 5.05. The number of amides is 1. The molecule has 0 aliphatic carbocycles. The average Bonchev–Trinajstić information content (AvgIpc) is 3.60. The van der Waals surface area contributed by atoms with Gasteiger partial charge in [0.15, 0.2) is 5.13 Å². The van der Waals surface area contributed by atoms with Gasteiger partial charge in [0.2, 0.25) is 0 Å². The molecule has 2 aliphatic heterocycles. The number of carbonyl (C=O) groups is 3. The number of rotatable bonds is 9. The molecule has 3 aromatic rings. The van der Waals surface area contributed by atoms with Crippen LogP contribution in [-0.2, 0) is 20.7 Å². The SMILES string of the molecule is CCCCOc1cccc(C2C(=C(O)c3ccc4c(c3)CC(C)O4)C(=O)C(=O)N2c2nc(C)c(C(=O)OCC)s2)c1. The molecule has 1 N–H and O–H groups in total. The summed E-state index contributed by atoms with van der Waals surface area (Å²) in [5.74, 6) is -1.24. The summed E-state index contributed by atoms with van der Waals surface area (Å²) in [4.78, 5) is 45.7. The summed E-state index contributed by atoms with van der Waals surface area (Å²) in [6.07, 6.45) is 2.51. The Bertz CT molecular complexity index is 1540. The van der Waals surface area contributed by atoms with Crippen LogP contribution in [0.4, 0.5) is 5.13 Å². The lowest BCUT2D eigenvalue weighted by Crippen LogP contribution is -2.29. The minimum atomic E-state index is -1.01. The first-order valence-electron chi connectivity index (χ1n) is 13.7. The van der Waals surface area contributed by atoms with E-state index >= 15 is 0 Å². The van der Waals surface area contributed by atoms with E-state index in [1.165, 1.54) is 4.90 Å². The van der Waals surface area contributed by atoms with Gasteiger partial charge in [-0.2, -0.15) is 0 Å². The molecule has 0 spiro atoms. The van der Waals surface area contributed by atoms with Crippen LogP contribution in [0.3, 0.4) is 0 Å². The minimum Gasteiger partial charge on any atom is -0.507 e. The lowest BCUT2D eigenvalue weighted by molar-refractivity contribution is -0.132. The number of aromatic nitrogens is 1. The molecule has 9 nitrogen and oxygen atoms in total. The highest BCUT2D eigenvalue weighted by Gasteiger charge is 2.48. The van der Waals surface area contributed by atoms with E-state index in [0.717, 1.165) is 35.5 Å². The number of esters is 1. The average molecular weight is 577 g/mol. The topological polar surface area (TPSA) is 115 Å². The number of aliphatic hydroxyl groups excluding tert-OH is 1. The first kappa shape index (κ1) is 28.4. The molecule has 1 fully saturated rings. The first-order chi connectivity index (χ1) is 19.7. The number of Topliss-reactive ketones (excluding diaryl/α,β-unsaturated/α-hetero) is 1. The molecule has 2 unspecified atom stereocenters. The van der Waals surface area contributed by atoms with Crippen molar-refractivity contribution >= 4 is 39.9 Å². The Kier molecular flexibility index (Phi) is 8.12. The number of unbranched alkanes of at least 4 members (excludes halogenated alkanes) is 1. The Labute approximate surface area is 242 Å². The normalized spacial score (nSPS) is 19.3. The number of ether oxygens (including phenoxy) is 3. The van der Waals surface area contributed by atoms with Crippen LogP contribution in [0.15, 0.2) is 48.0 Å². The van der Waals surface area contributed by atoms with Gasteiger partial charge in [-0.05, 0) is 68.7 Å². The monoisotopic (exact) mass is 576 g/mol. The predicted molar refractivity (Wildman–Crippen MR) is 155 cm³/mol. The molecular weight excluding hydrogens is 544 g/mol. The van der Waals surface area contributed by atoms with Crippen molar-refractivity contribution in [2.24, 2.45) is 0 Å². The van der Waals surface area contributed by atoms with Gasteiger partial charge in [0.1, 0.15) is 28.2 Å². The number of anilines is 1. The van der Waals surface area contributed by atoms with Gasteiger partial charge in [-0.3, -0.25) is 14.5 Å². The summed E-state index contributed by atoms with van der Waals surface area (Å²) in [6.45, 7) is 8.08. The zero-order chi connectivity index (χ0) is 29.3. The number of hydrogen-bond donors (Lipinski definition) is 1. The molecule has 5 rings (SSSR count). The van der Waals surface area contributed by atoms with E-state index < -0.39 is 23.7 Å². The number of nitrogens with zero attached hydrogens (tertiary/aromatic N) is 2. The number of benzene rings is 2. The Morgan fingerprint density at radius 1 is 1.20 bits per heavy atom. The molecular formula is C31H32N2O7S. The highest BCUT2D eigenvalue weighted by atomic mass is 32.1. The number of thiazole rings is 1. The smallest absolute Gasteiger partial charge is 0.350 e.